The van der Waals surface area contributed by atoms with Gasteiger partial charge in [-0.2, -0.15) is 0 Å². The summed E-state index contributed by atoms with van der Waals surface area (Å²) in [6.45, 7) is 16.6. The van der Waals surface area contributed by atoms with Gasteiger partial charge in [-0.25, -0.2) is 9.59 Å². The Hall–Kier alpha value is -3.34. The molecule has 1 aromatic carbocycles. The van der Waals surface area contributed by atoms with Crippen molar-refractivity contribution in [2.24, 2.45) is 23.0 Å². The van der Waals surface area contributed by atoms with Gasteiger partial charge in [-0.15, -0.1) is 0 Å². The Labute approximate surface area is 243 Å². The van der Waals surface area contributed by atoms with Gasteiger partial charge in [0.05, 0.1) is 20.1 Å². The first-order chi connectivity index (χ1) is 18.9. The number of ether oxygens (including phenoxy) is 6. The molecule has 0 saturated heterocycles. The highest BCUT2D eigenvalue weighted by Crippen LogP contribution is 2.32. The fraction of sp³-hybridized carbons (Fsp3) is 0.667. The topological polar surface area (TPSA) is 150 Å². The van der Waals surface area contributed by atoms with E-state index in [4.69, 9.17) is 34.2 Å². The van der Waals surface area contributed by atoms with Crippen molar-refractivity contribution in [2.45, 2.75) is 99.3 Å². The second-order valence-electron chi connectivity index (χ2n) is 12.2. The first-order valence-corrected chi connectivity index (χ1v) is 13.8. The fourth-order valence-corrected chi connectivity index (χ4v) is 3.29. The molecule has 0 saturated carbocycles. The molecule has 0 fully saturated rings. The number of hydrogen-bond acceptors (Lipinski definition) is 11. The molecule has 0 spiro atoms. The third-order valence-electron chi connectivity index (χ3n) is 6.43. The molecule has 2 N–H and O–H groups in total. The Balaban J connectivity index is 3.22. The monoisotopic (exact) mass is 581 g/mol. The molecule has 41 heavy (non-hydrogen) atoms. The van der Waals surface area contributed by atoms with Crippen molar-refractivity contribution in [1.29, 1.82) is 0 Å². The minimum absolute atomic E-state index is 0.0304. The van der Waals surface area contributed by atoms with Gasteiger partial charge >= 0.3 is 24.2 Å². The molecule has 0 aromatic heterocycles. The quantitative estimate of drug-likeness (QED) is 0.176. The number of benzene rings is 1. The number of hydrogen-bond donors (Lipinski definition) is 1. The van der Waals surface area contributed by atoms with E-state index < -0.39 is 42.0 Å². The second-order valence-corrected chi connectivity index (χ2v) is 12.2. The van der Waals surface area contributed by atoms with Gasteiger partial charge in [0.15, 0.2) is 11.5 Å². The molecule has 1 unspecified atom stereocenters. The molecule has 3 atom stereocenters. The summed E-state index contributed by atoms with van der Waals surface area (Å²) >= 11 is 0. The molecule has 11 nitrogen and oxygen atoms in total. The zero-order valence-corrected chi connectivity index (χ0v) is 26.0. The van der Waals surface area contributed by atoms with Crippen LogP contribution in [0.4, 0.5) is 9.59 Å². The lowest BCUT2D eigenvalue weighted by atomic mass is 9.88. The molecule has 1 rings (SSSR count). The van der Waals surface area contributed by atoms with Crippen LogP contribution in [0, 0.1) is 17.3 Å². The number of carbonyl (C=O) groups is 4. The number of carbonyl (C=O) groups excluding carboxylic acids is 4. The van der Waals surface area contributed by atoms with Crippen molar-refractivity contribution in [3.05, 3.63) is 23.8 Å². The number of esters is 2. The lowest BCUT2D eigenvalue weighted by Crippen LogP contribution is -2.51. The van der Waals surface area contributed by atoms with E-state index in [0.29, 0.717) is 5.56 Å². The molecule has 0 amide bonds. The maximum absolute atomic E-state index is 12.7. The van der Waals surface area contributed by atoms with E-state index in [9.17, 15) is 19.2 Å². The molecule has 0 heterocycles. The number of methoxy groups -OCH3 is 1. The summed E-state index contributed by atoms with van der Waals surface area (Å²) in [5, 5.41) is 0. The summed E-state index contributed by atoms with van der Waals surface area (Å²) in [6, 6.07) is 4.36. The predicted molar refractivity (Wildman–Crippen MR) is 152 cm³/mol. The van der Waals surface area contributed by atoms with Crippen LogP contribution in [-0.4, -0.2) is 55.7 Å². The Morgan fingerprint density at radius 2 is 1.34 bits per heavy atom. The van der Waals surface area contributed by atoms with E-state index in [2.05, 4.69) is 0 Å². The zero-order valence-electron chi connectivity index (χ0n) is 26.0. The van der Waals surface area contributed by atoms with Crippen LogP contribution < -0.4 is 15.2 Å². The normalized spacial score (nSPS) is 14.5. The molecule has 0 radical (unpaired) electrons. The van der Waals surface area contributed by atoms with E-state index in [-0.39, 0.29) is 54.6 Å². The minimum atomic E-state index is -1.57. The Morgan fingerprint density at radius 1 is 0.829 bits per heavy atom. The molecule has 0 bridgehead atoms. The van der Waals surface area contributed by atoms with Crippen LogP contribution in [-0.2, 0) is 35.0 Å². The molecule has 232 valence electrons. The van der Waals surface area contributed by atoms with Crippen molar-refractivity contribution in [3.8, 4) is 11.5 Å². The Kier molecular flexibility index (Phi) is 13.6. The van der Waals surface area contributed by atoms with Crippen LogP contribution in [0.25, 0.3) is 0 Å². The number of nitrogens with two attached hydrogens (primary N) is 1. The third-order valence-corrected chi connectivity index (χ3v) is 6.43. The van der Waals surface area contributed by atoms with Gasteiger partial charge in [-0.1, -0.05) is 54.5 Å². The third kappa shape index (κ3) is 12.8. The van der Waals surface area contributed by atoms with E-state index in [1.165, 1.54) is 19.2 Å². The van der Waals surface area contributed by atoms with E-state index in [1.807, 2.05) is 48.5 Å². The van der Waals surface area contributed by atoms with Crippen molar-refractivity contribution >= 4 is 24.2 Å². The summed E-state index contributed by atoms with van der Waals surface area (Å²) in [6.07, 6.45) is -2.74. The molecule has 0 aliphatic carbocycles. The van der Waals surface area contributed by atoms with Crippen molar-refractivity contribution in [2.75, 3.05) is 13.7 Å². The van der Waals surface area contributed by atoms with Gasteiger partial charge in [-0.3, -0.25) is 9.59 Å². The van der Waals surface area contributed by atoms with Crippen LogP contribution in [0.5, 0.6) is 11.5 Å². The Morgan fingerprint density at radius 3 is 1.80 bits per heavy atom. The number of rotatable bonds is 13. The molecule has 0 aliphatic heterocycles. The maximum atomic E-state index is 12.7. The molecular formula is C30H47NO10. The summed E-state index contributed by atoms with van der Waals surface area (Å²) in [5.41, 5.74) is 5.07. The maximum Gasteiger partial charge on any atom is 0.514 e. The first-order valence-electron chi connectivity index (χ1n) is 13.8. The molecule has 0 aliphatic rings. The van der Waals surface area contributed by atoms with Crippen LogP contribution in [0.15, 0.2) is 18.2 Å². The summed E-state index contributed by atoms with van der Waals surface area (Å²) < 4.78 is 31.5. The van der Waals surface area contributed by atoms with Gasteiger partial charge in [-0.05, 0) is 48.8 Å². The molecular weight excluding hydrogens is 534 g/mol. The van der Waals surface area contributed by atoms with Crippen LogP contribution in [0.1, 0.15) is 80.7 Å². The van der Waals surface area contributed by atoms with Gasteiger partial charge < -0.3 is 34.2 Å². The second kappa shape index (κ2) is 15.6. The zero-order chi connectivity index (χ0) is 31.5. The summed E-state index contributed by atoms with van der Waals surface area (Å²) in [5.74, 6) is -1.27. The smallest absolute Gasteiger partial charge is 0.468 e. The summed E-state index contributed by atoms with van der Waals surface area (Å²) in [7, 11) is 1.21. The predicted octanol–water partition coefficient (Wildman–Crippen LogP) is 5.59. The highest BCUT2D eigenvalue weighted by molar-refractivity contribution is 5.81. The summed E-state index contributed by atoms with van der Waals surface area (Å²) in [4.78, 5) is 49.7. The minimum Gasteiger partial charge on any atom is -0.468 e. The average molecular weight is 582 g/mol. The SMILES string of the molecule is COC(=O)[C@@](N)(CCOC(=O)CC(C)(C)C)Cc1ccc(OC(=O)O[C@@H](C)C(C)C)c(OC(=O)OC(C)C(C)C)c1. The van der Waals surface area contributed by atoms with Gasteiger partial charge in [0, 0.05) is 12.8 Å². The first kappa shape index (κ1) is 35.7. The molecule has 11 heteroatoms. The van der Waals surface area contributed by atoms with E-state index in [1.54, 1.807) is 19.9 Å². The Bertz CT molecular complexity index is 1050. The van der Waals surface area contributed by atoms with Crippen molar-refractivity contribution in [1.82, 2.24) is 0 Å². The average Bonchev–Trinajstić information content (AvgIpc) is 2.83. The van der Waals surface area contributed by atoms with Gasteiger partial charge in [0.25, 0.3) is 0 Å². The van der Waals surface area contributed by atoms with Crippen molar-refractivity contribution < 1.29 is 47.6 Å². The van der Waals surface area contributed by atoms with Crippen LogP contribution in [0.3, 0.4) is 0 Å². The van der Waals surface area contributed by atoms with Crippen LogP contribution in [0.2, 0.25) is 0 Å². The lowest BCUT2D eigenvalue weighted by molar-refractivity contribution is -0.152. The van der Waals surface area contributed by atoms with E-state index >= 15 is 0 Å². The standard InChI is InChI=1S/C30H47NO10/c1-18(2)20(5)38-27(34)40-23-12-11-22(15-24(23)41-28(35)39-21(6)19(3)4)16-30(31,26(33)36-10)13-14-37-25(32)17-29(7,8)9/h11-12,15,18-21H,13-14,16-17,31H2,1-10H3/t20-,21?,30+/m0/s1. The fourth-order valence-electron chi connectivity index (χ4n) is 3.29. The van der Waals surface area contributed by atoms with Gasteiger partial charge in [0.1, 0.15) is 17.7 Å². The highest BCUT2D eigenvalue weighted by Gasteiger charge is 2.36. The van der Waals surface area contributed by atoms with Gasteiger partial charge in [0.2, 0.25) is 0 Å². The van der Waals surface area contributed by atoms with E-state index in [0.717, 1.165) is 0 Å². The van der Waals surface area contributed by atoms with Crippen molar-refractivity contribution in [3.63, 3.8) is 0 Å². The molecule has 1 aromatic rings. The lowest BCUT2D eigenvalue weighted by Gasteiger charge is -2.27. The largest absolute Gasteiger partial charge is 0.514 e. The van der Waals surface area contributed by atoms with Crippen LogP contribution >= 0.6 is 0 Å². The highest BCUT2D eigenvalue weighted by atomic mass is 16.8.